The highest BCUT2D eigenvalue weighted by Crippen LogP contribution is 2.15. The predicted molar refractivity (Wildman–Crippen MR) is 149 cm³/mol. The van der Waals surface area contributed by atoms with Crippen molar-refractivity contribution in [2.45, 2.75) is 58.3 Å². The van der Waals surface area contributed by atoms with Crippen LogP contribution in [-0.2, 0) is 39.6 Å². The third-order valence-corrected chi connectivity index (χ3v) is 5.62. The zero-order chi connectivity index (χ0) is 27.4. The Balaban J connectivity index is 1.80. The van der Waals surface area contributed by atoms with Crippen molar-refractivity contribution < 1.29 is 38.0 Å². The molecule has 0 saturated heterocycles. The van der Waals surface area contributed by atoms with Gasteiger partial charge in [0, 0.05) is 6.08 Å². The van der Waals surface area contributed by atoms with E-state index < -0.39 is 5.97 Å². The third kappa shape index (κ3) is 22.1. The van der Waals surface area contributed by atoms with Crippen molar-refractivity contribution in [3.05, 3.63) is 42.5 Å². The Morgan fingerprint density at radius 1 is 0.632 bits per heavy atom. The van der Waals surface area contributed by atoms with E-state index in [1.54, 1.807) is 0 Å². The largest absolute Gasteiger partial charge is 0.491 e. The van der Waals surface area contributed by atoms with Crippen molar-refractivity contribution in [2.75, 3.05) is 79.3 Å². The molecular formula is C30H50O8. The molecule has 0 aliphatic rings. The van der Waals surface area contributed by atoms with E-state index in [0.717, 1.165) is 18.2 Å². The van der Waals surface area contributed by atoms with Crippen LogP contribution < -0.4 is 4.74 Å². The molecule has 0 fully saturated rings. The Morgan fingerprint density at radius 3 is 1.58 bits per heavy atom. The molecule has 0 spiro atoms. The van der Waals surface area contributed by atoms with Crippen molar-refractivity contribution >= 4 is 5.97 Å². The minimum Gasteiger partial charge on any atom is -0.491 e. The lowest BCUT2D eigenvalue weighted by Gasteiger charge is -2.09. The number of ether oxygens (including phenoxy) is 7. The first-order chi connectivity index (χ1) is 18.8. The molecule has 0 heterocycles. The number of rotatable bonds is 28. The lowest BCUT2D eigenvalue weighted by atomic mass is 10.0. The van der Waals surface area contributed by atoms with Gasteiger partial charge in [-0.25, -0.2) is 4.79 Å². The standard InChI is InChI=1S/C30H50O8/c1-3-5-6-7-8-9-10-11-28-12-14-29(15-13-28)37-26-24-35-22-20-33-18-16-32-17-19-34-21-23-36-25-27-38-30(31)4-2/h4,12-15H,2-3,5-11,16-27H2,1H3. The summed E-state index contributed by atoms with van der Waals surface area (Å²) in [7, 11) is 0. The SMILES string of the molecule is C=CC(=O)OCCOCCOCCOCCOCCOCCOc1ccc(CCCCCCCCC)cc1. The Kier molecular flexibility index (Phi) is 23.9. The molecule has 1 aromatic rings. The van der Waals surface area contributed by atoms with E-state index in [2.05, 4.69) is 25.6 Å². The van der Waals surface area contributed by atoms with Crippen LogP contribution in [0.2, 0.25) is 0 Å². The molecule has 0 aliphatic heterocycles. The molecule has 38 heavy (non-hydrogen) atoms. The van der Waals surface area contributed by atoms with E-state index in [-0.39, 0.29) is 6.61 Å². The number of esters is 1. The number of unbranched alkanes of at least 4 members (excludes halogenated alkanes) is 6. The summed E-state index contributed by atoms with van der Waals surface area (Å²) in [5.41, 5.74) is 1.38. The highest BCUT2D eigenvalue weighted by Gasteiger charge is 1.99. The fourth-order valence-electron chi connectivity index (χ4n) is 3.50. The van der Waals surface area contributed by atoms with Crippen LogP contribution in [0.5, 0.6) is 5.75 Å². The molecule has 1 rings (SSSR count). The molecule has 0 atom stereocenters. The van der Waals surface area contributed by atoms with E-state index >= 15 is 0 Å². The molecule has 218 valence electrons. The first-order valence-electron chi connectivity index (χ1n) is 14.2. The number of hydrogen-bond donors (Lipinski definition) is 0. The van der Waals surface area contributed by atoms with Crippen molar-refractivity contribution in [3.8, 4) is 5.75 Å². The van der Waals surface area contributed by atoms with Crippen LogP contribution in [0, 0.1) is 0 Å². The fourth-order valence-corrected chi connectivity index (χ4v) is 3.50. The van der Waals surface area contributed by atoms with Crippen molar-refractivity contribution in [2.24, 2.45) is 0 Å². The summed E-state index contributed by atoms with van der Waals surface area (Å²) in [5.74, 6) is 0.433. The van der Waals surface area contributed by atoms with E-state index in [0.29, 0.717) is 72.7 Å². The molecule has 8 heteroatoms. The number of benzene rings is 1. The molecule has 1 aromatic carbocycles. The van der Waals surface area contributed by atoms with Crippen LogP contribution in [0.1, 0.15) is 57.4 Å². The summed E-state index contributed by atoms with van der Waals surface area (Å²) in [6, 6.07) is 8.42. The lowest BCUT2D eigenvalue weighted by Crippen LogP contribution is -2.15. The molecule has 0 amide bonds. The van der Waals surface area contributed by atoms with Crippen LogP contribution in [0.4, 0.5) is 0 Å². The van der Waals surface area contributed by atoms with Crippen LogP contribution in [0.25, 0.3) is 0 Å². The van der Waals surface area contributed by atoms with E-state index in [1.807, 2.05) is 12.1 Å². The molecule has 0 aromatic heterocycles. The predicted octanol–water partition coefficient (Wildman–Crippen LogP) is 5.17. The molecule has 0 bridgehead atoms. The fraction of sp³-hybridized carbons (Fsp3) is 0.700. The summed E-state index contributed by atoms with van der Waals surface area (Å²) < 4.78 is 37.7. The van der Waals surface area contributed by atoms with Crippen molar-refractivity contribution in [1.82, 2.24) is 0 Å². The second-order valence-corrected chi connectivity index (χ2v) is 8.80. The average molecular weight is 539 g/mol. The molecule has 0 saturated carbocycles. The van der Waals surface area contributed by atoms with Gasteiger partial charge in [0.15, 0.2) is 0 Å². The van der Waals surface area contributed by atoms with Crippen LogP contribution in [0.3, 0.4) is 0 Å². The van der Waals surface area contributed by atoms with Crippen molar-refractivity contribution in [3.63, 3.8) is 0 Å². The van der Waals surface area contributed by atoms with Gasteiger partial charge in [0.1, 0.15) is 19.0 Å². The quantitative estimate of drug-likeness (QED) is 0.0821. The zero-order valence-corrected chi connectivity index (χ0v) is 23.5. The molecule has 0 aliphatic carbocycles. The Labute approximate surface area is 229 Å². The van der Waals surface area contributed by atoms with Crippen molar-refractivity contribution in [1.29, 1.82) is 0 Å². The van der Waals surface area contributed by atoms with Gasteiger partial charge in [-0.2, -0.15) is 0 Å². The highest BCUT2D eigenvalue weighted by atomic mass is 16.6. The normalized spacial score (nSPS) is 11.0. The molecular weight excluding hydrogens is 488 g/mol. The van der Waals surface area contributed by atoms with Gasteiger partial charge in [-0.05, 0) is 30.5 Å². The van der Waals surface area contributed by atoms with Crippen LogP contribution in [-0.4, -0.2) is 85.3 Å². The summed E-state index contributed by atoms with van der Waals surface area (Å²) >= 11 is 0. The third-order valence-electron chi connectivity index (χ3n) is 5.62. The van der Waals surface area contributed by atoms with Crippen LogP contribution in [0.15, 0.2) is 36.9 Å². The zero-order valence-electron chi connectivity index (χ0n) is 23.5. The van der Waals surface area contributed by atoms with Gasteiger partial charge in [-0.3, -0.25) is 0 Å². The van der Waals surface area contributed by atoms with Gasteiger partial charge >= 0.3 is 5.97 Å². The second kappa shape index (κ2) is 26.6. The summed E-state index contributed by atoms with van der Waals surface area (Å²) in [6.07, 6.45) is 11.6. The number of aryl methyl sites for hydroxylation is 1. The summed E-state index contributed by atoms with van der Waals surface area (Å²) in [4.78, 5) is 10.8. The topological polar surface area (TPSA) is 81.7 Å². The molecule has 8 nitrogen and oxygen atoms in total. The van der Waals surface area contributed by atoms with E-state index in [4.69, 9.17) is 33.2 Å². The smallest absolute Gasteiger partial charge is 0.330 e. The average Bonchev–Trinajstić information content (AvgIpc) is 2.94. The maximum Gasteiger partial charge on any atom is 0.330 e. The van der Waals surface area contributed by atoms with Gasteiger partial charge in [0.25, 0.3) is 0 Å². The first kappa shape index (κ1) is 34.1. The minimum absolute atomic E-state index is 0.209. The highest BCUT2D eigenvalue weighted by molar-refractivity contribution is 5.81. The number of carbonyl (C=O) groups is 1. The monoisotopic (exact) mass is 538 g/mol. The lowest BCUT2D eigenvalue weighted by molar-refractivity contribution is -0.139. The summed E-state index contributed by atoms with van der Waals surface area (Å²) in [5, 5.41) is 0. The van der Waals surface area contributed by atoms with E-state index in [1.165, 1.54) is 50.5 Å². The van der Waals surface area contributed by atoms with Gasteiger partial charge in [0.2, 0.25) is 0 Å². The Morgan fingerprint density at radius 2 is 1.08 bits per heavy atom. The Bertz CT molecular complexity index is 665. The van der Waals surface area contributed by atoms with Gasteiger partial charge in [0.05, 0.1) is 66.1 Å². The number of carbonyl (C=O) groups excluding carboxylic acids is 1. The van der Waals surface area contributed by atoms with Crippen LogP contribution >= 0.6 is 0 Å². The number of hydrogen-bond acceptors (Lipinski definition) is 8. The molecule has 0 radical (unpaired) electrons. The maximum absolute atomic E-state index is 10.8. The minimum atomic E-state index is -0.450. The van der Waals surface area contributed by atoms with Gasteiger partial charge in [-0.15, -0.1) is 0 Å². The van der Waals surface area contributed by atoms with Gasteiger partial charge in [-0.1, -0.05) is 64.2 Å². The summed E-state index contributed by atoms with van der Waals surface area (Å²) in [6.45, 7) is 11.1. The molecule has 0 N–H and O–H groups in total. The maximum atomic E-state index is 10.8. The Hall–Kier alpha value is -1.97. The van der Waals surface area contributed by atoms with E-state index in [9.17, 15) is 4.79 Å². The molecule has 0 unspecified atom stereocenters. The first-order valence-corrected chi connectivity index (χ1v) is 14.2. The van der Waals surface area contributed by atoms with Gasteiger partial charge < -0.3 is 33.2 Å². The second-order valence-electron chi connectivity index (χ2n) is 8.80.